The van der Waals surface area contributed by atoms with Crippen LogP contribution in [0.25, 0.3) is 0 Å². The number of nitrogens with zero attached hydrogens (tertiary/aromatic N) is 3. The molecule has 3 heterocycles. The topological polar surface area (TPSA) is 78.5 Å². The van der Waals surface area contributed by atoms with Gasteiger partial charge in [-0.05, 0) is 68.6 Å². The van der Waals surface area contributed by atoms with Crippen LogP contribution in [0.2, 0.25) is 0 Å². The van der Waals surface area contributed by atoms with E-state index >= 15 is 0 Å². The van der Waals surface area contributed by atoms with E-state index in [1.54, 1.807) is 24.3 Å². The number of nitrogens with one attached hydrogen (secondary N) is 1. The van der Waals surface area contributed by atoms with Crippen LogP contribution < -0.4 is 4.74 Å². The van der Waals surface area contributed by atoms with Crippen LogP contribution in [-0.4, -0.2) is 57.8 Å². The van der Waals surface area contributed by atoms with Crippen molar-refractivity contribution in [3.05, 3.63) is 82.9 Å². The van der Waals surface area contributed by atoms with Crippen molar-refractivity contribution < 1.29 is 14.3 Å². The van der Waals surface area contributed by atoms with Crippen molar-refractivity contribution in [2.75, 3.05) is 26.2 Å². The number of H-pyrrole nitrogens is 1. The number of unbranched alkanes of at least 4 members (excludes halogenated alkanes) is 3. The maximum atomic E-state index is 12.5. The number of imide groups is 1. The molecule has 2 aliphatic rings. The zero-order valence-corrected chi connectivity index (χ0v) is 22.2. The number of rotatable bonds is 13. The van der Waals surface area contributed by atoms with E-state index in [-0.39, 0.29) is 11.8 Å². The summed E-state index contributed by atoms with van der Waals surface area (Å²) in [4.78, 5) is 36.8. The predicted molar refractivity (Wildman–Crippen MR) is 147 cm³/mol. The monoisotopic (exact) mass is 514 g/mol. The molecule has 0 radical (unpaired) electrons. The number of hydrogen-bond donors (Lipinski definition) is 1. The van der Waals surface area contributed by atoms with E-state index in [9.17, 15) is 9.59 Å². The van der Waals surface area contributed by atoms with Crippen LogP contribution in [0.1, 0.15) is 82.7 Å². The summed E-state index contributed by atoms with van der Waals surface area (Å²) in [5.41, 5.74) is 3.28. The number of ether oxygens (including phenoxy) is 1. The van der Waals surface area contributed by atoms with Crippen LogP contribution in [0.4, 0.5) is 0 Å². The van der Waals surface area contributed by atoms with E-state index in [1.807, 2.05) is 6.20 Å². The molecule has 0 aliphatic carbocycles. The molecular formula is C31H38N4O3. The van der Waals surface area contributed by atoms with Gasteiger partial charge in [0.15, 0.2) is 0 Å². The Kier molecular flexibility index (Phi) is 8.86. The highest BCUT2D eigenvalue weighted by atomic mass is 16.5. The van der Waals surface area contributed by atoms with Crippen LogP contribution in [0.3, 0.4) is 0 Å². The zero-order chi connectivity index (χ0) is 26.2. The van der Waals surface area contributed by atoms with E-state index in [0.29, 0.717) is 24.1 Å². The average Bonchev–Trinajstić information content (AvgIpc) is 3.49. The van der Waals surface area contributed by atoms with E-state index in [1.165, 1.54) is 42.8 Å². The first kappa shape index (κ1) is 26.2. The summed E-state index contributed by atoms with van der Waals surface area (Å²) in [6, 6.07) is 15.6. The molecule has 1 aromatic heterocycles. The average molecular weight is 515 g/mol. The summed E-state index contributed by atoms with van der Waals surface area (Å²) in [6.07, 6.45) is 11.7. The summed E-state index contributed by atoms with van der Waals surface area (Å²) in [5.74, 6) is 1.52. The number of likely N-dealkylation sites (tertiary alicyclic amines) is 1. The zero-order valence-electron chi connectivity index (χ0n) is 22.2. The quantitative estimate of drug-likeness (QED) is 0.244. The molecule has 1 saturated heterocycles. The molecule has 7 nitrogen and oxygen atoms in total. The Hall–Kier alpha value is -3.45. The molecule has 2 amide bonds. The fraction of sp³-hybridized carbons (Fsp3) is 0.452. The normalized spacial score (nSPS) is 15.7. The van der Waals surface area contributed by atoms with Gasteiger partial charge in [0.1, 0.15) is 11.6 Å². The molecule has 1 N–H and O–H groups in total. The molecule has 200 valence electrons. The molecule has 0 unspecified atom stereocenters. The number of carbonyl (C=O) groups is 2. The Balaban J connectivity index is 0.955. The number of piperidine rings is 1. The number of hydrogen-bond acceptors (Lipinski definition) is 5. The van der Waals surface area contributed by atoms with Gasteiger partial charge in [0.05, 0.1) is 17.7 Å². The number of fused-ring (bicyclic) bond motifs is 1. The molecule has 5 rings (SSSR count). The second-order valence-electron chi connectivity index (χ2n) is 10.4. The number of aromatic amines is 1. The molecule has 2 aliphatic heterocycles. The molecule has 7 heteroatoms. The van der Waals surface area contributed by atoms with Gasteiger partial charge in [-0.15, -0.1) is 0 Å². The first-order valence-corrected chi connectivity index (χ1v) is 14.1. The van der Waals surface area contributed by atoms with Crippen molar-refractivity contribution >= 4 is 11.8 Å². The number of aromatic nitrogens is 2. The van der Waals surface area contributed by atoms with Gasteiger partial charge >= 0.3 is 0 Å². The van der Waals surface area contributed by atoms with E-state index < -0.39 is 0 Å². The van der Waals surface area contributed by atoms with Crippen molar-refractivity contribution in [3.8, 4) is 5.75 Å². The fourth-order valence-corrected chi connectivity index (χ4v) is 5.38. The van der Waals surface area contributed by atoms with Crippen LogP contribution >= 0.6 is 0 Å². The molecular weight excluding hydrogens is 476 g/mol. The molecule has 0 atom stereocenters. The second kappa shape index (κ2) is 12.9. The minimum Gasteiger partial charge on any atom is -0.494 e. The van der Waals surface area contributed by atoms with Crippen LogP contribution in [0, 0.1) is 0 Å². The number of carbonyl (C=O) groups excluding carboxylic acids is 2. The Labute approximate surface area is 225 Å². The van der Waals surface area contributed by atoms with Crippen molar-refractivity contribution in [2.24, 2.45) is 0 Å². The van der Waals surface area contributed by atoms with Gasteiger partial charge in [0.2, 0.25) is 0 Å². The van der Waals surface area contributed by atoms with Crippen molar-refractivity contribution in [3.63, 3.8) is 0 Å². The summed E-state index contributed by atoms with van der Waals surface area (Å²) >= 11 is 0. The Morgan fingerprint density at radius 2 is 1.61 bits per heavy atom. The molecule has 1 fully saturated rings. The van der Waals surface area contributed by atoms with E-state index in [2.05, 4.69) is 39.1 Å². The van der Waals surface area contributed by atoms with Gasteiger partial charge in [0, 0.05) is 37.8 Å². The van der Waals surface area contributed by atoms with E-state index in [0.717, 1.165) is 62.5 Å². The summed E-state index contributed by atoms with van der Waals surface area (Å²) < 4.78 is 6.02. The standard InChI is InChI=1S/C31H38N4O3/c36-30-27-13-5-6-14-28(27)31(37)35(30)19-16-25-22-32-29(33-25)15-4-1-2-9-20-38-26-12-10-11-24(21-26)23-34-17-7-3-8-18-34/h5-6,10-14,21-22H,1-4,7-9,15-20,23H2,(H,32,33). The highest BCUT2D eigenvalue weighted by molar-refractivity contribution is 6.21. The Morgan fingerprint density at radius 1 is 0.842 bits per heavy atom. The smallest absolute Gasteiger partial charge is 0.261 e. The Bertz CT molecular complexity index is 1200. The highest BCUT2D eigenvalue weighted by Gasteiger charge is 2.34. The van der Waals surface area contributed by atoms with E-state index in [4.69, 9.17) is 4.74 Å². The van der Waals surface area contributed by atoms with Gasteiger partial charge in [-0.3, -0.25) is 19.4 Å². The minimum atomic E-state index is -0.209. The first-order chi connectivity index (χ1) is 18.7. The summed E-state index contributed by atoms with van der Waals surface area (Å²) in [7, 11) is 0. The maximum absolute atomic E-state index is 12.5. The third-order valence-electron chi connectivity index (χ3n) is 7.49. The molecule has 0 bridgehead atoms. The SMILES string of the molecule is O=C1c2ccccc2C(=O)N1CCc1cnc(CCCCCCOc2cccc(CN3CCCCC3)c2)[nH]1. The van der Waals surface area contributed by atoms with Crippen LogP contribution in [0.5, 0.6) is 5.75 Å². The Morgan fingerprint density at radius 3 is 2.39 bits per heavy atom. The number of amides is 2. The van der Waals surface area contributed by atoms with Gasteiger partial charge in [0.25, 0.3) is 11.8 Å². The van der Waals surface area contributed by atoms with Gasteiger partial charge in [-0.25, -0.2) is 4.98 Å². The lowest BCUT2D eigenvalue weighted by molar-refractivity contribution is 0.0656. The fourth-order valence-electron chi connectivity index (χ4n) is 5.38. The molecule has 38 heavy (non-hydrogen) atoms. The minimum absolute atomic E-state index is 0.209. The second-order valence-corrected chi connectivity index (χ2v) is 10.4. The number of imidazole rings is 1. The summed E-state index contributed by atoms with van der Waals surface area (Å²) in [6.45, 7) is 4.54. The predicted octanol–water partition coefficient (Wildman–Crippen LogP) is 5.42. The van der Waals surface area contributed by atoms with Crippen molar-refractivity contribution in [1.29, 1.82) is 0 Å². The molecule has 3 aromatic rings. The third-order valence-corrected chi connectivity index (χ3v) is 7.49. The van der Waals surface area contributed by atoms with Crippen molar-refractivity contribution in [2.45, 2.75) is 64.3 Å². The maximum Gasteiger partial charge on any atom is 0.261 e. The first-order valence-electron chi connectivity index (χ1n) is 14.1. The highest BCUT2D eigenvalue weighted by Crippen LogP contribution is 2.23. The lowest BCUT2D eigenvalue weighted by Gasteiger charge is -2.26. The van der Waals surface area contributed by atoms with Gasteiger partial charge in [-0.2, -0.15) is 0 Å². The number of benzene rings is 2. The van der Waals surface area contributed by atoms with Crippen LogP contribution in [-0.2, 0) is 19.4 Å². The summed E-state index contributed by atoms with van der Waals surface area (Å²) in [5, 5.41) is 0. The van der Waals surface area contributed by atoms with Crippen molar-refractivity contribution in [1.82, 2.24) is 19.8 Å². The lowest BCUT2D eigenvalue weighted by atomic mass is 10.1. The third kappa shape index (κ3) is 6.70. The van der Waals surface area contributed by atoms with Crippen LogP contribution in [0.15, 0.2) is 54.7 Å². The van der Waals surface area contributed by atoms with Gasteiger partial charge in [-0.1, -0.05) is 43.5 Å². The van der Waals surface area contributed by atoms with Gasteiger partial charge < -0.3 is 9.72 Å². The molecule has 0 spiro atoms. The lowest BCUT2D eigenvalue weighted by Crippen LogP contribution is -2.31. The largest absolute Gasteiger partial charge is 0.494 e. The molecule has 0 saturated carbocycles. The number of aryl methyl sites for hydroxylation is 1. The molecule has 2 aromatic carbocycles.